The highest BCUT2D eigenvalue weighted by molar-refractivity contribution is 5.80. The molecule has 0 saturated carbocycles. The van der Waals surface area contributed by atoms with E-state index in [0.29, 0.717) is 25.1 Å². The normalized spacial score (nSPS) is 16.8. The molecule has 9 heteroatoms. The number of aromatic nitrogens is 3. The predicted molar refractivity (Wildman–Crippen MR) is 126 cm³/mol. The monoisotopic (exact) mass is 424 g/mol. The largest absolute Gasteiger partial charge is 0.378 e. The summed E-state index contributed by atoms with van der Waals surface area (Å²) < 4.78 is 5.47. The Morgan fingerprint density at radius 1 is 0.935 bits per heavy atom. The van der Waals surface area contributed by atoms with Crippen molar-refractivity contribution < 1.29 is 4.74 Å². The average Bonchev–Trinajstić information content (AvgIpc) is 3.36. The molecule has 1 aromatic heterocycles. The Kier molecular flexibility index (Phi) is 7.14. The van der Waals surface area contributed by atoms with E-state index >= 15 is 0 Å². The Balaban J connectivity index is 1.48. The topological polar surface area (TPSA) is 82.0 Å². The van der Waals surface area contributed by atoms with Gasteiger partial charge in [-0.1, -0.05) is 12.1 Å². The lowest BCUT2D eigenvalue weighted by Crippen LogP contribution is -2.38. The molecule has 1 aromatic carbocycles. The van der Waals surface area contributed by atoms with E-state index in [2.05, 4.69) is 73.3 Å². The van der Waals surface area contributed by atoms with Crippen molar-refractivity contribution in [1.82, 2.24) is 15.0 Å². The molecule has 166 valence electrons. The fourth-order valence-corrected chi connectivity index (χ4v) is 3.89. The predicted octanol–water partition coefficient (Wildman–Crippen LogP) is 2.60. The summed E-state index contributed by atoms with van der Waals surface area (Å²) in [6.45, 7) is 11.2. The van der Waals surface area contributed by atoms with Crippen molar-refractivity contribution in [3.8, 4) is 0 Å². The van der Waals surface area contributed by atoms with E-state index in [4.69, 9.17) is 9.72 Å². The van der Waals surface area contributed by atoms with Crippen LogP contribution in [0, 0.1) is 0 Å². The Labute approximate surface area is 184 Å². The fourth-order valence-electron chi connectivity index (χ4n) is 3.89. The van der Waals surface area contributed by atoms with Crippen molar-refractivity contribution in [2.45, 2.75) is 26.7 Å². The minimum absolute atomic E-state index is 0.467. The molecule has 4 rings (SSSR count). The summed E-state index contributed by atoms with van der Waals surface area (Å²) in [4.78, 5) is 20.6. The van der Waals surface area contributed by atoms with Gasteiger partial charge >= 0.3 is 0 Å². The summed E-state index contributed by atoms with van der Waals surface area (Å²) in [7, 11) is 0. The van der Waals surface area contributed by atoms with Gasteiger partial charge in [0.15, 0.2) is 0 Å². The van der Waals surface area contributed by atoms with Crippen molar-refractivity contribution in [2.75, 3.05) is 72.6 Å². The van der Waals surface area contributed by atoms with E-state index < -0.39 is 0 Å². The van der Waals surface area contributed by atoms with Gasteiger partial charge in [0.2, 0.25) is 17.8 Å². The van der Waals surface area contributed by atoms with Crippen molar-refractivity contribution in [1.29, 1.82) is 0 Å². The smallest absolute Gasteiger partial charge is 0.250 e. The fraction of sp³-hybridized carbons (Fsp3) is 0.545. The SMILES string of the molecule is CCN(CC)c1ccc(C=NNc2nc(N3CCCC3)nc(N3CCOCC3)n2)cc1. The summed E-state index contributed by atoms with van der Waals surface area (Å²) in [5.41, 5.74) is 5.25. The molecule has 3 heterocycles. The highest BCUT2D eigenvalue weighted by Crippen LogP contribution is 2.21. The molecule has 2 aliphatic heterocycles. The number of anilines is 4. The van der Waals surface area contributed by atoms with Gasteiger partial charge < -0.3 is 19.4 Å². The summed E-state index contributed by atoms with van der Waals surface area (Å²) in [6, 6.07) is 8.39. The molecule has 0 radical (unpaired) electrons. The van der Waals surface area contributed by atoms with Gasteiger partial charge in [-0.2, -0.15) is 20.1 Å². The van der Waals surface area contributed by atoms with Gasteiger partial charge in [-0.05, 0) is 44.4 Å². The number of rotatable bonds is 8. The van der Waals surface area contributed by atoms with Crippen LogP contribution in [0.3, 0.4) is 0 Å². The van der Waals surface area contributed by atoms with Gasteiger partial charge in [-0.15, -0.1) is 0 Å². The molecule has 2 saturated heterocycles. The number of nitrogens with one attached hydrogen (secondary N) is 1. The molecule has 1 N–H and O–H groups in total. The number of hydrogen-bond acceptors (Lipinski definition) is 9. The second-order valence-corrected chi connectivity index (χ2v) is 7.69. The molecule has 0 amide bonds. The third-order valence-electron chi connectivity index (χ3n) is 5.69. The molecule has 31 heavy (non-hydrogen) atoms. The van der Waals surface area contributed by atoms with Crippen molar-refractivity contribution in [2.24, 2.45) is 5.10 Å². The van der Waals surface area contributed by atoms with Gasteiger partial charge in [0, 0.05) is 45.0 Å². The van der Waals surface area contributed by atoms with Crippen LogP contribution in [0.1, 0.15) is 32.3 Å². The van der Waals surface area contributed by atoms with Gasteiger partial charge in [0.1, 0.15) is 0 Å². The first-order valence-electron chi connectivity index (χ1n) is 11.2. The number of ether oxygens (including phenoxy) is 1. The van der Waals surface area contributed by atoms with Crippen molar-refractivity contribution in [3.63, 3.8) is 0 Å². The molecule has 0 aliphatic carbocycles. The van der Waals surface area contributed by atoms with Crippen LogP contribution in [0.2, 0.25) is 0 Å². The second kappa shape index (κ2) is 10.4. The zero-order valence-corrected chi connectivity index (χ0v) is 18.5. The van der Waals surface area contributed by atoms with Crippen molar-refractivity contribution in [3.05, 3.63) is 29.8 Å². The Morgan fingerprint density at radius 3 is 2.16 bits per heavy atom. The van der Waals surface area contributed by atoms with Crippen LogP contribution in [0.25, 0.3) is 0 Å². The molecule has 2 aliphatic rings. The van der Waals surface area contributed by atoms with Crippen LogP contribution in [-0.2, 0) is 4.74 Å². The van der Waals surface area contributed by atoms with Crippen molar-refractivity contribution >= 4 is 29.7 Å². The van der Waals surface area contributed by atoms with Crippen LogP contribution in [0.15, 0.2) is 29.4 Å². The van der Waals surface area contributed by atoms with Crippen LogP contribution >= 0.6 is 0 Å². The van der Waals surface area contributed by atoms with Gasteiger partial charge in [-0.25, -0.2) is 5.43 Å². The van der Waals surface area contributed by atoms with E-state index in [1.165, 1.54) is 18.5 Å². The zero-order valence-electron chi connectivity index (χ0n) is 18.5. The van der Waals surface area contributed by atoms with Gasteiger partial charge in [-0.3, -0.25) is 0 Å². The van der Waals surface area contributed by atoms with E-state index in [1.54, 1.807) is 6.21 Å². The number of hydrazone groups is 1. The zero-order chi connectivity index (χ0) is 21.5. The van der Waals surface area contributed by atoms with Crippen LogP contribution in [0.4, 0.5) is 23.5 Å². The van der Waals surface area contributed by atoms with Crippen LogP contribution in [0.5, 0.6) is 0 Å². The third-order valence-corrected chi connectivity index (χ3v) is 5.69. The number of morpholine rings is 1. The lowest BCUT2D eigenvalue weighted by atomic mass is 10.2. The summed E-state index contributed by atoms with van der Waals surface area (Å²) in [6.07, 6.45) is 4.13. The minimum atomic E-state index is 0.467. The highest BCUT2D eigenvalue weighted by atomic mass is 16.5. The molecule has 2 fully saturated rings. The van der Waals surface area contributed by atoms with E-state index in [9.17, 15) is 0 Å². The lowest BCUT2D eigenvalue weighted by molar-refractivity contribution is 0.122. The maximum absolute atomic E-state index is 5.47. The van der Waals surface area contributed by atoms with E-state index in [1.807, 2.05) is 0 Å². The molecule has 2 aromatic rings. The lowest BCUT2D eigenvalue weighted by Gasteiger charge is -2.27. The number of benzene rings is 1. The summed E-state index contributed by atoms with van der Waals surface area (Å²) in [5.74, 6) is 1.87. The standard InChI is InChI=1S/C22H32N8O/c1-3-28(4-2)19-9-7-18(8-10-19)17-23-27-20-24-21(29-11-5-6-12-29)26-22(25-20)30-13-15-31-16-14-30/h7-10,17H,3-6,11-16H2,1-2H3,(H,24,25,26,27). The maximum Gasteiger partial charge on any atom is 0.250 e. The van der Waals surface area contributed by atoms with E-state index in [-0.39, 0.29) is 0 Å². The average molecular weight is 425 g/mol. The summed E-state index contributed by atoms with van der Waals surface area (Å²) in [5, 5.41) is 4.38. The molecule has 0 bridgehead atoms. The molecular weight excluding hydrogens is 392 g/mol. The van der Waals surface area contributed by atoms with E-state index in [0.717, 1.165) is 50.8 Å². The number of hydrogen-bond donors (Lipinski definition) is 1. The maximum atomic E-state index is 5.47. The summed E-state index contributed by atoms with van der Waals surface area (Å²) >= 11 is 0. The Bertz CT molecular complexity index is 856. The second-order valence-electron chi connectivity index (χ2n) is 7.69. The molecule has 0 atom stereocenters. The minimum Gasteiger partial charge on any atom is -0.378 e. The van der Waals surface area contributed by atoms with Gasteiger partial charge in [0.25, 0.3) is 0 Å². The van der Waals surface area contributed by atoms with Gasteiger partial charge in [0.05, 0.1) is 19.4 Å². The Hall–Kier alpha value is -2.94. The first kappa shape index (κ1) is 21.3. The molecule has 9 nitrogen and oxygen atoms in total. The molecule has 0 spiro atoms. The molecule has 0 unspecified atom stereocenters. The number of nitrogens with zero attached hydrogens (tertiary/aromatic N) is 7. The first-order chi connectivity index (χ1) is 15.3. The third kappa shape index (κ3) is 5.41. The quantitative estimate of drug-likeness (QED) is 0.512. The molecular formula is C22H32N8O. The van der Waals surface area contributed by atoms with Crippen LogP contribution < -0.4 is 20.1 Å². The van der Waals surface area contributed by atoms with Crippen LogP contribution in [-0.4, -0.2) is 73.6 Å². The highest BCUT2D eigenvalue weighted by Gasteiger charge is 2.21. The first-order valence-corrected chi connectivity index (χ1v) is 11.2. The Morgan fingerprint density at radius 2 is 1.55 bits per heavy atom.